The molecule has 0 saturated carbocycles. The van der Waals surface area contributed by atoms with Gasteiger partial charge in [0, 0.05) is 31.4 Å². The van der Waals surface area contributed by atoms with Gasteiger partial charge in [-0.05, 0) is 43.7 Å². The molecule has 4 rings (SSSR count). The summed E-state index contributed by atoms with van der Waals surface area (Å²) in [7, 11) is 0. The second-order valence-corrected chi connectivity index (χ2v) is 9.52. The average molecular weight is 399 g/mol. The molecule has 4 heterocycles. The first kappa shape index (κ1) is 20.3. The Balaban J connectivity index is 1.71. The van der Waals surface area contributed by atoms with Gasteiger partial charge in [-0.15, -0.1) is 0 Å². The fourth-order valence-corrected chi connectivity index (χ4v) is 4.72. The van der Waals surface area contributed by atoms with Crippen molar-refractivity contribution in [3.8, 4) is 11.3 Å². The van der Waals surface area contributed by atoms with Crippen LogP contribution in [0.2, 0.25) is 0 Å². The Hall–Kier alpha value is -1.99. The second-order valence-electron chi connectivity index (χ2n) is 9.52. The zero-order chi connectivity index (χ0) is 20.4. The Bertz CT molecular complexity index is 821. The number of aromatic nitrogens is 4. The first-order valence-corrected chi connectivity index (χ1v) is 11.0. The highest BCUT2D eigenvalue weighted by atomic mass is 16.3. The van der Waals surface area contributed by atoms with Crippen LogP contribution in [0, 0.1) is 5.41 Å². The molecule has 0 amide bonds. The quantitative estimate of drug-likeness (QED) is 0.806. The molecule has 0 aliphatic carbocycles. The van der Waals surface area contributed by atoms with E-state index in [1.165, 1.54) is 25.0 Å². The first-order valence-electron chi connectivity index (χ1n) is 11.0. The van der Waals surface area contributed by atoms with Crippen molar-refractivity contribution in [2.75, 3.05) is 37.7 Å². The highest BCUT2D eigenvalue weighted by molar-refractivity contribution is 5.63. The Morgan fingerprint density at radius 2 is 1.93 bits per heavy atom. The molecule has 7 nitrogen and oxygen atoms in total. The third kappa shape index (κ3) is 4.46. The Kier molecular flexibility index (Phi) is 5.88. The molecule has 0 radical (unpaired) electrons. The summed E-state index contributed by atoms with van der Waals surface area (Å²) < 4.78 is 1.98. The van der Waals surface area contributed by atoms with Crippen molar-refractivity contribution in [3.63, 3.8) is 0 Å². The molecule has 1 N–H and O–H groups in total. The van der Waals surface area contributed by atoms with Crippen LogP contribution in [0.1, 0.15) is 58.2 Å². The largest absolute Gasteiger partial charge is 0.394 e. The molecule has 29 heavy (non-hydrogen) atoms. The molecule has 7 heteroatoms. The molecule has 2 fully saturated rings. The molecule has 2 aliphatic rings. The van der Waals surface area contributed by atoms with E-state index < -0.39 is 0 Å². The second kappa shape index (κ2) is 8.40. The molecule has 2 saturated heterocycles. The number of hydrogen-bond donors (Lipinski definition) is 1. The van der Waals surface area contributed by atoms with Gasteiger partial charge in [-0.3, -0.25) is 9.58 Å². The van der Waals surface area contributed by atoms with Gasteiger partial charge in [0.05, 0.1) is 36.8 Å². The van der Waals surface area contributed by atoms with Crippen molar-refractivity contribution in [2.24, 2.45) is 5.41 Å². The maximum atomic E-state index is 9.60. The van der Waals surface area contributed by atoms with Gasteiger partial charge in [0.1, 0.15) is 0 Å². The summed E-state index contributed by atoms with van der Waals surface area (Å²) in [5.41, 5.74) is 3.44. The lowest BCUT2D eigenvalue weighted by Gasteiger charge is -2.32. The minimum absolute atomic E-state index is 0.0862. The van der Waals surface area contributed by atoms with E-state index in [1.54, 1.807) is 0 Å². The van der Waals surface area contributed by atoms with Crippen molar-refractivity contribution < 1.29 is 5.11 Å². The topological polar surface area (TPSA) is 70.3 Å². The van der Waals surface area contributed by atoms with E-state index in [0.29, 0.717) is 12.6 Å². The number of nitrogens with zero attached hydrogens (tertiary/aromatic N) is 6. The summed E-state index contributed by atoms with van der Waals surface area (Å²) in [5.74, 6) is 0.818. The molecule has 1 atom stereocenters. The van der Waals surface area contributed by atoms with Crippen molar-refractivity contribution in [3.05, 3.63) is 24.2 Å². The van der Waals surface area contributed by atoms with Gasteiger partial charge in [-0.25, -0.2) is 9.97 Å². The van der Waals surface area contributed by atoms with Gasteiger partial charge in [0.15, 0.2) is 0 Å². The summed E-state index contributed by atoms with van der Waals surface area (Å²) in [6, 6.07) is 2.30. The van der Waals surface area contributed by atoms with Crippen LogP contribution in [0.4, 0.5) is 5.95 Å². The zero-order valence-corrected chi connectivity index (χ0v) is 18.0. The highest BCUT2D eigenvalue weighted by Crippen LogP contribution is 2.39. The van der Waals surface area contributed by atoms with E-state index in [9.17, 15) is 5.11 Å². The van der Waals surface area contributed by atoms with E-state index in [0.717, 1.165) is 49.8 Å². The van der Waals surface area contributed by atoms with Gasteiger partial charge in [-0.2, -0.15) is 5.10 Å². The summed E-state index contributed by atoms with van der Waals surface area (Å²) >= 11 is 0. The fourth-order valence-electron chi connectivity index (χ4n) is 4.72. The zero-order valence-electron chi connectivity index (χ0n) is 18.0. The van der Waals surface area contributed by atoms with E-state index in [-0.39, 0.29) is 12.0 Å². The molecular weight excluding hydrogens is 364 g/mol. The fraction of sp³-hybridized carbons (Fsp3) is 0.682. The minimum Gasteiger partial charge on any atom is -0.394 e. The Labute approximate surface area is 173 Å². The van der Waals surface area contributed by atoms with Crippen LogP contribution in [0.15, 0.2) is 18.5 Å². The summed E-state index contributed by atoms with van der Waals surface area (Å²) in [6.07, 6.45) is 8.51. The molecular formula is C22H34N6O. The monoisotopic (exact) mass is 398 g/mol. The predicted octanol–water partition coefficient (Wildman–Crippen LogP) is 3.12. The third-order valence-corrected chi connectivity index (χ3v) is 5.86. The van der Waals surface area contributed by atoms with E-state index >= 15 is 0 Å². The number of anilines is 1. The highest BCUT2D eigenvalue weighted by Gasteiger charge is 2.33. The molecule has 2 aromatic rings. The number of aliphatic hydroxyl groups excluding tert-OH is 1. The number of hydrogen-bond acceptors (Lipinski definition) is 6. The van der Waals surface area contributed by atoms with Gasteiger partial charge >= 0.3 is 0 Å². The van der Waals surface area contributed by atoms with Crippen molar-refractivity contribution >= 4 is 5.95 Å². The summed E-state index contributed by atoms with van der Waals surface area (Å²) in [6.45, 7) is 11.7. The van der Waals surface area contributed by atoms with Crippen LogP contribution in [0.3, 0.4) is 0 Å². The van der Waals surface area contributed by atoms with E-state index in [1.807, 2.05) is 23.1 Å². The van der Waals surface area contributed by atoms with Gasteiger partial charge in [-0.1, -0.05) is 20.8 Å². The third-order valence-electron chi connectivity index (χ3n) is 5.86. The van der Waals surface area contributed by atoms with Crippen LogP contribution >= 0.6 is 0 Å². The normalized spacial score (nSPS) is 20.7. The van der Waals surface area contributed by atoms with Crippen LogP contribution in [-0.4, -0.2) is 62.5 Å². The number of likely N-dealkylation sites (tertiary alicyclic amines) is 1. The summed E-state index contributed by atoms with van der Waals surface area (Å²) in [5, 5.41) is 14.2. The maximum Gasteiger partial charge on any atom is 0.225 e. The predicted molar refractivity (Wildman–Crippen MR) is 115 cm³/mol. The standard InChI is InChI=1S/C22H34N6O/c1-22(2,3)16-27-12-6-7-19(27)20-17(15-24-28(20)13-14-29)18-8-9-23-21(25-18)26-10-4-5-11-26/h8-9,15,19,29H,4-7,10-14,16H2,1-3H3. The first-order chi connectivity index (χ1) is 14.0. The van der Waals surface area contributed by atoms with Crippen LogP contribution in [-0.2, 0) is 6.54 Å². The SMILES string of the molecule is CC(C)(C)CN1CCCC1c1c(-c2ccnc(N3CCCC3)n2)cnn1CCO. The lowest BCUT2D eigenvalue weighted by Crippen LogP contribution is -2.33. The smallest absolute Gasteiger partial charge is 0.225 e. The molecule has 0 bridgehead atoms. The van der Waals surface area contributed by atoms with Crippen molar-refractivity contribution in [2.45, 2.75) is 59.0 Å². The van der Waals surface area contributed by atoms with Crippen molar-refractivity contribution in [1.29, 1.82) is 0 Å². The van der Waals surface area contributed by atoms with Gasteiger partial charge in [0.2, 0.25) is 5.95 Å². The van der Waals surface area contributed by atoms with Crippen LogP contribution < -0.4 is 4.90 Å². The average Bonchev–Trinajstić information content (AvgIpc) is 3.41. The Morgan fingerprint density at radius 1 is 1.14 bits per heavy atom. The van der Waals surface area contributed by atoms with Gasteiger partial charge < -0.3 is 10.0 Å². The van der Waals surface area contributed by atoms with E-state index in [4.69, 9.17) is 4.98 Å². The number of rotatable bonds is 6. The van der Waals surface area contributed by atoms with E-state index in [2.05, 4.69) is 40.7 Å². The molecule has 158 valence electrons. The van der Waals surface area contributed by atoms with Gasteiger partial charge in [0.25, 0.3) is 0 Å². The molecule has 0 spiro atoms. The lowest BCUT2D eigenvalue weighted by molar-refractivity contribution is 0.170. The summed E-state index contributed by atoms with van der Waals surface area (Å²) in [4.78, 5) is 14.3. The molecule has 2 aliphatic heterocycles. The van der Waals surface area contributed by atoms with Crippen molar-refractivity contribution in [1.82, 2.24) is 24.6 Å². The lowest BCUT2D eigenvalue weighted by atomic mass is 9.95. The number of aliphatic hydroxyl groups is 1. The molecule has 0 aromatic carbocycles. The van der Waals surface area contributed by atoms with Crippen LogP contribution in [0.5, 0.6) is 0 Å². The maximum absolute atomic E-state index is 9.60. The molecule has 1 unspecified atom stereocenters. The Morgan fingerprint density at radius 3 is 2.66 bits per heavy atom. The minimum atomic E-state index is 0.0862. The van der Waals surface area contributed by atoms with Crippen LogP contribution in [0.25, 0.3) is 11.3 Å². The molecule has 2 aromatic heterocycles.